The molecule has 1 N–H and O–H groups in total. The Balaban J connectivity index is 1.92. The second kappa shape index (κ2) is 4.74. The lowest BCUT2D eigenvalue weighted by molar-refractivity contribution is -0.129. The fraction of sp³-hybridized carbons (Fsp3) is 0.909. The molecule has 1 saturated carbocycles. The van der Waals surface area contributed by atoms with Gasteiger partial charge < -0.3 is 10.0 Å². The standard InChI is InChI=1S/C11H19NO2S/c1-15-10-3-2-9(5-10)12-6-8(7-13)4-11(12)14/h8-10,13H,2-7H2,1H3. The minimum Gasteiger partial charge on any atom is -0.396 e. The Kier molecular flexibility index (Phi) is 3.57. The SMILES string of the molecule is CSC1CCC(N2CC(CO)CC2=O)C1. The summed E-state index contributed by atoms with van der Waals surface area (Å²) in [4.78, 5) is 13.7. The Morgan fingerprint density at radius 2 is 2.33 bits per heavy atom. The summed E-state index contributed by atoms with van der Waals surface area (Å²) in [5.74, 6) is 0.437. The molecule has 4 heteroatoms. The molecule has 1 amide bonds. The van der Waals surface area contributed by atoms with Gasteiger partial charge in [0.25, 0.3) is 0 Å². The average Bonchev–Trinajstić information content (AvgIpc) is 2.83. The van der Waals surface area contributed by atoms with Crippen LogP contribution < -0.4 is 0 Å². The number of carbonyl (C=O) groups excluding carboxylic acids is 1. The summed E-state index contributed by atoms with van der Waals surface area (Å²) in [5.41, 5.74) is 0. The van der Waals surface area contributed by atoms with Gasteiger partial charge in [-0.3, -0.25) is 4.79 Å². The molecule has 0 bridgehead atoms. The molecule has 86 valence electrons. The molecule has 1 aliphatic heterocycles. The number of aliphatic hydroxyl groups is 1. The summed E-state index contributed by atoms with van der Waals surface area (Å²) in [5, 5.41) is 9.79. The van der Waals surface area contributed by atoms with Gasteiger partial charge >= 0.3 is 0 Å². The van der Waals surface area contributed by atoms with Crippen molar-refractivity contribution in [3.05, 3.63) is 0 Å². The lowest BCUT2D eigenvalue weighted by Crippen LogP contribution is -2.35. The highest BCUT2D eigenvalue weighted by atomic mass is 32.2. The highest BCUT2D eigenvalue weighted by Crippen LogP contribution is 2.34. The second-order valence-corrected chi connectivity index (χ2v) is 5.76. The Morgan fingerprint density at radius 1 is 1.53 bits per heavy atom. The average molecular weight is 229 g/mol. The van der Waals surface area contributed by atoms with Crippen LogP contribution >= 0.6 is 11.8 Å². The van der Waals surface area contributed by atoms with Gasteiger partial charge in [-0.25, -0.2) is 0 Å². The quantitative estimate of drug-likeness (QED) is 0.788. The third-order valence-electron chi connectivity index (χ3n) is 3.63. The van der Waals surface area contributed by atoms with Gasteiger partial charge in [0.2, 0.25) is 5.91 Å². The minimum absolute atomic E-state index is 0.154. The first kappa shape index (κ1) is 11.3. The molecule has 1 saturated heterocycles. The molecule has 3 unspecified atom stereocenters. The molecular weight excluding hydrogens is 210 g/mol. The lowest BCUT2D eigenvalue weighted by Gasteiger charge is -2.24. The zero-order valence-electron chi connectivity index (χ0n) is 9.19. The number of rotatable bonds is 3. The maximum Gasteiger partial charge on any atom is 0.223 e. The second-order valence-electron chi connectivity index (χ2n) is 4.62. The topological polar surface area (TPSA) is 40.5 Å². The van der Waals surface area contributed by atoms with Crippen LogP contribution in [-0.2, 0) is 4.79 Å². The summed E-state index contributed by atoms with van der Waals surface area (Å²) >= 11 is 1.92. The van der Waals surface area contributed by atoms with Gasteiger partial charge in [-0.15, -0.1) is 0 Å². The monoisotopic (exact) mass is 229 g/mol. The van der Waals surface area contributed by atoms with Crippen LogP contribution in [0, 0.1) is 5.92 Å². The van der Waals surface area contributed by atoms with Crippen molar-refractivity contribution in [2.24, 2.45) is 5.92 Å². The van der Waals surface area contributed by atoms with Crippen molar-refractivity contribution >= 4 is 17.7 Å². The fourth-order valence-electron chi connectivity index (χ4n) is 2.70. The van der Waals surface area contributed by atoms with Crippen LogP contribution in [0.5, 0.6) is 0 Å². The fourth-order valence-corrected chi connectivity index (χ4v) is 3.48. The van der Waals surface area contributed by atoms with Crippen LogP contribution in [0.15, 0.2) is 0 Å². The van der Waals surface area contributed by atoms with Crippen LogP contribution in [0.3, 0.4) is 0 Å². The predicted octanol–water partition coefficient (Wildman–Crippen LogP) is 1.11. The summed E-state index contributed by atoms with van der Waals surface area (Å²) in [6.45, 7) is 0.933. The van der Waals surface area contributed by atoms with Crippen molar-refractivity contribution in [3.63, 3.8) is 0 Å². The van der Waals surface area contributed by atoms with E-state index in [1.807, 2.05) is 16.7 Å². The van der Waals surface area contributed by atoms with Crippen molar-refractivity contribution < 1.29 is 9.90 Å². The Hall–Kier alpha value is -0.220. The number of hydrogen-bond donors (Lipinski definition) is 1. The first-order valence-corrected chi connectivity index (χ1v) is 6.96. The smallest absolute Gasteiger partial charge is 0.223 e. The van der Waals surface area contributed by atoms with Gasteiger partial charge in [0, 0.05) is 36.8 Å². The third-order valence-corrected chi connectivity index (χ3v) is 4.72. The number of hydrogen-bond acceptors (Lipinski definition) is 3. The van der Waals surface area contributed by atoms with Gasteiger partial charge in [-0.2, -0.15) is 11.8 Å². The summed E-state index contributed by atoms with van der Waals surface area (Å²) in [6, 6.07) is 0.450. The van der Waals surface area contributed by atoms with Crippen molar-refractivity contribution in [2.75, 3.05) is 19.4 Å². The molecule has 0 aromatic rings. The molecule has 0 radical (unpaired) electrons. The molecule has 3 nitrogen and oxygen atoms in total. The number of thioether (sulfide) groups is 1. The maximum atomic E-state index is 11.7. The molecule has 15 heavy (non-hydrogen) atoms. The normalized spacial score (nSPS) is 36.5. The van der Waals surface area contributed by atoms with Crippen LogP contribution in [0.1, 0.15) is 25.7 Å². The number of likely N-dealkylation sites (tertiary alicyclic amines) is 1. The first-order valence-electron chi connectivity index (χ1n) is 5.67. The highest BCUT2D eigenvalue weighted by molar-refractivity contribution is 7.99. The van der Waals surface area contributed by atoms with Gasteiger partial charge in [0.1, 0.15) is 0 Å². The van der Waals surface area contributed by atoms with E-state index in [2.05, 4.69) is 6.26 Å². The zero-order valence-corrected chi connectivity index (χ0v) is 10.0. The van der Waals surface area contributed by atoms with Gasteiger partial charge in [-0.1, -0.05) is 0 Å². The van der Waals surface area contributed by atoms with Crippen molar-refractivity contribution in [1.82, 2.24) is 4.90 Å². The summed E-state index contributed by atoms with van der Waals surface area (Å²) in [7, 11) is 0. The van der Waals surface area contributed by atoms with Crippen molar-refractivity contribution in [1.29, 1.82) is 0 Å². The summed E-state index contributed by atoms with van der Waals surface area (Å²) in [6.07, 6.45) is 6.23. The highest BCUT2D eigenvalue weighted by Gasteiger charge is 2.37. The Labute approximate surface area is 95.2 Å². The van der Waals surface area contributed by atoms with Crippen LogP contribution in [0.25, 0.3) is 0 Å². The molecular formula is C11H19NO2S. The van der Waals surface area contributed by atoms with E-state index in [9.17, 15) is 4.79 Å². The van der Waals surface area contributed by atoms with Gasteiger partial charge in [-0.05, 0) is 25.5 Å². The predicted molar refractivity (Wildman–Crippen MR) is 61.8 cm³/mol. The minimum atomic E-state index is 0.154. The number of amides is 1. The van der Waals surface area contributed by atoms with Crippen molar-refractivity contribution in [3.8, 4) is 0 Å². The maximum absolute atomic E-state index is 11.7. The van der Waals surface area contributed by atoms with Crippen LogP contribution in [0.4, 0.5) is 0 Å². The molecule has 2 fully saturated rings. The van der Waals surface area contributed by atoms with E-state index in [0.717, 1.165) is 24.6 Å². The van der Waals surface area contributed by atoms with E-state index < -0.39 is 0 Å². The molecule has 2 rings (SSSR count). The third kappa shape index (κ3) is 2.31. The molecule has 0 aromatic carbocycles. The molecule has 0 spiro atoms. The number of nitrogens with zero attached hydrogens (tertiary/aromatic N) is 1. The van der Waals surface area contributed by atoms with E-state index >= 15 is 0 Å². The Morgan fingerprint density at radius 3 is 2.87 bits per heavy atom. The van der Waals surface area contributed by atoms with E-state index in [0.29, 0.717) is 12.5 Å². The van der Waals surface area contributed by atoms with Gasteiger partial charge in [0.15, 0.2) is 0 Å². The lowest BCUT2D eigenvalue weighted by atomic mass is 10.1. The molecule has 1 heterocycles. The molecule has 0 aromatic heterocycles. The van der Waals surface area contributed by atoms with E-state index in [1.165, 1.54) is 6.42 Å². The first-order chi connectivity index (χ1) is 7.24. The number of carbonyl (C=O) groups is 1. The molecule has 2 aliphatic rings. The zero-order chi connectivity index (χ0) is 10.8. The van der Waals surface area contributed by atoms with Crippen LogP contribution in [-0.4, -0.2) is 46.6 Å². The van der Waals surface area contributed by atoms with E-state index in [1.54, 1.807) is 0 Å². The van der Waals surface area contributed by atoms with Crippen LogP contribution in [0.2, 0.25) is 0 Å². The van der Waals surface area contributed by atoms with E-state index in [-0.39, 0.29) is 18.4 Å². The summed E-state index contributed by atoms with van der Waals surface area (Å²) < 4.78 is 0. The molecule has 1 aliphatic carbocycles. The largest absolute Gasteiger partial charge is 0.396 e. The molecule has 3 atom stereocenters. The van der Waals surface area contributed by atoms with Gasteiger partial charge in [0.05, 0.1) is 0 Å². The van der Waals surface area contributed by atoms with E-state index in [4.69, 9.17) is 5.11 Å². The van der Waals surface area contributed by atoms with Crippen molar-refractivity contribution in [2.45, 2.75) is 37.0 Å². The Bertz CT molecular complexity index is 247. The number of aliphatic hydroxyl groups excluding tert-OH is 1.